The molecule has 16 heavy (non-hydrogen) atoms. The van der Waals surface area contributed by atoms with Gasteiger partial charge in [-0.3, -0.25) is 0 Å². The lowest BCUT2D eigenvalue weighted by atomic mass is 10.1. The summed E-state index contributed by atoms with van der Waals surface area (Å²) >= 11 is 0. The average molecular weight is 253 g/mol. The van der Waals surface area contributed by atoms with E-state index in [0.717, 1.165) is 0 Å². The van der Waals surface area contributed by atoms with Gasteiger partial charge >= 0.3 is 0 Å². The molecule has 0 unspecified atom stereocenters. The fourth-order valence-electron chi connectivity index (χ4n) is 1.01. The molecule has 0 aliphatic rings. The first kappa shape index (κ1) is 15.8. The molecule has 0 fully saturated rings. The minimum Gasteiger partial charge on any atom is -0.383 e. The molecule has 0 aromatic rings. The molecule has 3 N–H and O–H groups in total. The zero-order chi connectivity index (χ0) is 12.7. The van der Waals surface area contributed by atoms with Crippen molar-refractivity contribution < 1.29 is 13.2 Å². The molecule has 7 heteroatoms. The molecule has 0 aromatic carbocycles. The quantitative estimate of drug-likeness (QED) is 0.507. The van der Waals surface area contributed by atoms with Gasteiger partial charge in [0.1, 0.15) is 0 Å². The van der Waals surface area contributed by atoms with Crippen molar-refractivity contribution in [3.05, 3.63) is 0 Å². The van der Waals surface area contributed by atoms with Crippen LogP contribution in [0.25, 0.3) is 0 Å². The maximum absolute atomic E-state index is 11.5. The van der Waals surface area contributed by atoms with E-state index in [1.54, 1.807) is 27.9 Å². The molecule has 0 aromatic heterocycles. The van der Waals surface area contributed by atoms with Gasteiger partial charge < -0.3 is 10.1 Å². The van der Waals surface area contributed by atoms with Gasteiger partial charge in [0, 0.05) is 32.3 Å². The van der Waals surface area contributed by atoms with Crippen LogP contribution < -0.4 is 14.8 Å². The summed E-state index contributed by atoms with van der Waals surface area (Å²) in [6.45, 7) is 7.65. The smallest absolute Gasteiger partial charge is 0.277 e. The minimum absolute atomic E-state index is 0.356. The minimum atomic E-state index is -3.40. The topological polar surface area (TPSA) is 79.5 Å². The third-order valence-corrected chi connectivity index (χ3v) is 2.98. The van der Waals surface area contributed by atoms with Crippen LogP contribution in [0, 0.1) is 0 Å². The number of rotatable bonds is 8. The summed E-state index contributed by atoms with van der Waals surface area (Å²) in [5.41, 5.74) is -0.463. The number of methoxy groups -OCH3 is 1. The Hall–Kier alpha value is -0.210. The molecule has 0 heterocycles. The SMILES string of the molecule is COCCNCCNS(=O)(=O)NC(C)(C)C. The highest BCUT2D eigenvalue weighted by Gasteiger charge is 2.18. The first-order chi connectivity index (χ1) is 7.27. The second-order valence-electron chi connectivity index (χ2n) is 4.49. The number of ether oxygens (including phenoxy) is 1. The fraction of sp³-hybridized carbons (Fsp3) is 1.00. The van der Waals surface area contributed by atoms with E-state index in [2.05, 4.69) is 14.8 Å². The predicted octanol–water partition coefficient (Wildman–Crippen LogP) is -0.555. The molecule has 0 amide bonds. The van der Waals surface area contributed by atoms with Crippen molar-refractivity contribution in [2.24, 2.45) is 0 Å². The van der Waals surface area contributed by atoms with Gasteiger partial charge in [-0.2, -0.15) is 13.1 Å². The van der Waals surface area contributed by atoms with Gasteiger partial charge in [0.25, 0.3) is 10.2 Å². The third kappa shape index (κ3) is 10.3. The molecule has 0 saturated heterocycles. The van der Waals surface area contributed by atoms with Crippen LogP contribution in [-0.4, -0.2) is 47.3 Å². The predicted molar refractivity (Wildman–Crippen MR) is 64.6 cm³/mol. The molecule has 0 aliphatic carbocycles. The van der Waals surface area contributed by atoms with Crippen LogP contribution in [0.5, 0.6) is 0 Å². The van der Waals surface area contributed by atoms with Crippen molar-refractivity contribution in [2.75, 3.05) is 33.4 Å². The van der Waals surface area contributed by atoms with E-state index in [0.29, 0.717) is 26.2 Å². The molecular weight excluding hydrogens is 230 g/mol. The molecule has 0 bridgehead atoms. The van der Waals surface area contributed by atoms with Gasteiger partial charge in [0.2, 0.25) is 0 Å². The van der Waals surface area contributed by atoms with Gasteiger partial charge in [-0.15, -0.1) is 0 Å². The Bertz CT molecular complexity index is 272. The highest BCUT2D eigenvalue weighted by Crippen LogP contribution is 1.99. The molecule has 0 spiro atoms. The first-order valence-electron chi connectivity index (χ1n) is 5.25. The summed E-state index contributed by atoms with van der Waals surface area (Å²) in [6, 6.07) is 0. The fourth-order valence-corrected chi connectivity index (χ4v) is 2.26. The number of hydrogen-bond acceptors (Lipinski definition) is 4. The van der Waals surface area contributed by atoms with E-state index in [4.69, 9.17) is 4.74 Å². The van der Waals surface area contributed by atoms with Crippen molar-refractivity contribution in [2.45, 2.75) is 26.3 Å². The third-order valence-electron chi connectivity index (χ3n) is 1.52. The van der Waals surface area contributed by atoms with Gasteiger partial charge in [0.05, 0.1) is 6.61 Å². The van der Waals surface area contributed by atoms with Crippen LogP contribution in [0.1, 0.15) is 20.8 Å². The maximum atomic E-state index is 11.5. The van der Waals surface area contributed by atoms with Crippen molar-refractivity contribution >= 4 is 10.2 Å². The molecule has 98 valence electrons. The van der Waals surface area contributed by atoms with Crippen LogP contribution in [0.15, 0.2) is 0 Å². The average Bonchev–Trinajstić information content (AvgIpc) is 2.06. The van der Waals surface area contributed by atoms with Crippen LogP contribution in [0.2, 0.25) is 0 Å². The summed E-state index contributed by atoms with van der Waals surface area (Å²) in [5, 5.41) is 3.04. The Kier molecular flexibility index (Phi) is 7.09. The monoisotopic (exact) mass is 253 g/mol. The Morgan fingerprint density at radius 2 is 1.75 bits per heavy atom. The highest BCUT2D eigenvalue weighted by atomic mass is 32.2. The van der Waals surface area contributed by atoms with Gasteiger partial charge in [0.15, 0.2) is 0 Å². The molecule has 0 aliphatic heterocycles. The van der Waals surface area contributed by atoms with Crippen LogP contribution in [0.3, 0.4) is 0 Å². The van der Waals surface area contributed by atoms with Crippen molar-refractivity contribution in [1.82, 2.24) is 14.8 Å². The van der Waals surface area contributed by atoms with E-state index >= 15 is 0 Å². The zero-order valence-corrected chi connectivity index (χ0v) is 11.3. The van der Waals surface area contributed by atoms with E-state index in [9.17, 15) is 8.42 Å². The Labute approximate surface area is 98.3 Å². The molecule has 0 rings (SSSR count). The van der Waals surface area contributed by atoms with Crippen LogP contribution >= 0.6 is 0 Å². The molecule has 0 saturated carbocycles. The van der Waals surface area contributed by atoms with E-state index < -0.39 is 15.7 Å². The van der Waals surface area contributed by atoms with Gasteiger partial charge in [-0.25, -0.2) is 4.72 Å². The number of hydrogen-bond donors (Lipinski definition) is 3. The molecule has 0 atom stereocenters. The zero-order valence-electron chi connectivity index (χ0n) is 10.5. The normalized spacial score (nSPS) is 13.0. The molecule has 0 radical (unpaired) electrons. The van der Waals surface area contributed by atoms with Crippen LogP contribution in [0.4, 0.5) is 0 Å². The lowest BCUT2D eigenvalue weighted by Crippen LogP contribution is -2.48. The Morgan fingerprint density at radius 3 is 2.25 bits per heavy atom. The van der Waals surface area contributed by atoms with Gasteiger partial charge in [-0.05, 0) is 20.8 Å². The molecular formula is C9H23N3O3S. The lowest BCUT2D eigenvalue weighted by Gasteiger charge is -2.20. The Balaban J connectivity index is 3.68. The summed E-state index contributed by atoms with van der Waals surface area (Å²) in [6.07, 6.45) is 0. The lowest BCUT2D eigenvalue weighted by molar-refractivity contribution is 0.199. The highest BCUT2D eigenvalue weighted by molar-refractivity contribution is 7.87. The standard InChI is InChI=1S/C9H23N3O3S/c1-9(2,3)12-16(13,14)11-6-5-10-7-8-15-4/h10-12H,5-8H2,1-4H3. The second kappa shape index (κ2) is 7.18. The van der Waals surface area contributed by atoms with Crippen molar-refractivity contribution in [1.29, 1.82) is 0 Å². The summed E-state index contributed by atoms with van der Waals surface area (Å²) in [5.74, 6) is 0. The van der Waals surface area contributed by atoms with Gasteiger partial charge in [-0.1, -0.05) is 0 Å². The summed E-state index contributed by atoms with van der Waals surface area (Å²) in [4.78, 5) is 0. The first-order valence-corrected chi connectivity index (χ1v) is 6.73. The Morgan fingerprint density at radius 1 is 1.12 bits per heavy atom. The molecule has 6 nitrogen and oxygen atoms in total. The van der Waals surface area contributed by atoms with E-state index in [1.165, 1.54) is 0 Å². The largest absolute Gasteiger partial charge is 0.383 e. The van der Waals surface area contributed by atoms with E-state index in [1.807, 2.05) is 0 Å². The summed E-state index contributed by atoms with van der Waals surface area (Å²) < 4.78 is 32.7. The second-order valence-corrected chi connectivity index (χ2v) is 5.99. The maximum Gasteiger partial charge on any atom is 0.277 e. The van der Waals surface area contributed by atoms with E-state index in [-0.39, 0.29) is 0 Å². The van der Waals surface area contributed by atoms with Crippen LogP contribution in [-0.2, 0) is 14.9 Å². The summed E-state index contributed by atoms with van der Waals surface area (Å²) in [7, 11) is -1.78. The van der Waals surface area contributed by atoms with Crippen molar-refractivity contribution in [3.8, 4) is 0 Å². The van der Waals surface area contributed by atoms with Crippen molar-refractivity contribution in [3.63, 3.8) is 0 Å². The number of nitrogens with one attached hydrogen (secondary N) is 3.